The SMILES string of the molecule is COCC(COCC(COCC(COCC(COCC(COCC(COCCOCCOS(C)(=O)=O)OC)OC)OC)OC)OC)OC. The second-order valence-corrected chi connectivity index (χ2v) is 12.1. The van der Waals surface area contributed by atoms with Gasteiger partial charge in [0, 0.05) is 49.8 Å². The number of hydrogen-bond acceptors (Lipinski definition) is 17. The van der Waals surface area contributed by atoms with Crippen LogP contribution in [0.4, 0.5) is 0 Å². The van der Waals surface area contributed by atoms with Crippen molar-refractivity contribution in [3.8, 4) is 0 Å². The highest BCUT2D eigenvalue weighted by Crippen LogP contribution is 2.03. The molecule has 0 N–H and O–H groups in total. The number of hydrogen-bond donors (Lipinski definition) is 0. The van der Waals surface area contributed by atoms with E-state index in [4.69, 9.17) is 66.3 Å². The average Bonchev–Trinajstić information content (AvgIpc) is 3.07. The van der Waals surface area contributed by atoms with E-state index >= 15 is 0 Å². The van der Waals surface area contributed by atoms with Crippen LogP contribution in [-0.4, -0.2) is 207 Å². The number of ether oxygens (including phenoxy) is 14. The Morgan fingerprint density at radius 3 is 0.875 bits per heavy atom. The van der Waals surface area contributed by atoms with Gasteiger partial charge >= 0.3 is 0 Å². The Labute approximate surface area is 287 Å². The average molecular weight is 727 g/mol. The van der Waals surface area contributed by atoms with E-state index in [-0.39, 0.29) is 49.8 Å². The Balaban J connectivity index is 4.13. The second-order valence-electron chi connectivity index (χ2n) is 10.5. The molecular formula is C30H62O17S. The van der Waals surface area contributed by atoms with Gasteiger partial charge < -0.3 is 66.3 Å². The summed E-state index contributed by atoms with van der Waals surface area (Å²) in [4.78, 5) is 0. The van der Waals surface area contributed by atoms with Crippen LogP contribution in [0.3, 0.4) is 0 Å². The highest BCUT2D eigenvalue weighted by Gasteiger charge is 2.17. The third kappa shape index (κ3) is 28.1. The summed E-state index contributed by atoms with van der Waals surface area (Å²) in [5.74, 6) is 0. The molecule has 0 fully saturated rings. The van der Waals surface area contributed by atoms with E-state index in [1.54, 1.807) is 49.8 Å². The summed E-state index contributed by atoms with van der Waals surface area (Å²) in [5, 5.41) is 0. The Kier molecular flexibility index (Phi) is 31.8. The van der Waals surface area contributed by atoms with Crippen LogP contribution in [0.1, 0.15) is 0 Å². The summed E-state index contributed by atoms with van der Waals surface area (Å²) in [6, 6.07) is 0. The van der Waals surface area contributed by atoms with Crippen molar-refractivity contribution < 1.29 is 78.9 Å². The molecule has 6 unspecified atom stereocenters. The van der Waals surface area contributed by atoms with Crippen molar-refractivity contribution in [3.05, 3.63) is 0 Å². The maximum absolute atomic E-state index is 10.9. The van der Waals surface area contributed by atoms with Gasteiger partial charge in [0.25, 0.3) is 10.1 Å². The molecule has 290 valence electrons. The first kappa shape index (κ1) is 47.4. The molecule has 0 heterocycles. The molecule has 0 saturated carbocycles. The van der Waals surface area contributed by atoms with Crippen LogP contribution in [-0.2, 0) is 80.6 Å². The van der Waals surface area contributed by atoms with Crippen molar-refractivity contribution in [3.63, 3.8) is 0 Å². The Morgan fingerprint density at radius 2 is 0.604 bits per heavy atom. The van der Waals surface area contributed by atoms with E-state index < -0.39 is 10.1 Å². The van der Waals surface area contributed by atoms with E-state index in [0.717, 1.165) is 6.26 Å². The van der Waals surface area contributed by atoms with E-state index in [0.29, 0.717) is 92.5 Å². The Bertz CT molecular complexity index is 793. The molecule has 0 spiro atoms. The van der Waals surface area contributed by atoms with E-state index in [1.165, 1.54) is 0 Å². The van der Waals surface area contributed by atoms with Gasteiger partial charge in [-0.3, -0.25) is 4.18 Å². The van der Waals surface area contributed by atoms with Gasteiger partial charge in [-0.05, 0) is 0 Å². The lowest BCUT2D eigenvalue weighted by Gasteiger charge is -2.22. The molecule has 0 rings (SSSR count). The minimum atomic E-state index is -3.47. The van der Waals surface area contributed by atoms with Crippen LogP contribution >= 0.6 is 0 Å². The lowest BCUT2D eigenvalue weighted by Crippen LogP contribution is -2.33. The monoisotopic (exact) mass is 726 g/mol. The van der Waals surface area contributed by atoms with Crippen molar-refractivity contribution in [2.45, 2.75) is 36.6 Å². The molecule has 0 aliphatic carbocycles. The molecule has 0 aliphatic heterocycles. The molecule has 48 heavy (non-hydrogen) atoms. The molecule has 18 heteroatoms. The zero-order chi connectivity index (χ0) is 35.9. The highest BCUT2D eigenvalue weighted by atomic mass is 32.2. The lowest BCUT2D eigenvalue weighted by atomic mass is 10.3. The largest absolute Gasteiger partial charge is 0.382 e. The molecule has 0 amide bonds. The molecule has 0 aromatic rings. The normalized spacial score (nSPS) is 16.1. The first-order valence-electron chi connectivity index (χ1n) is 15.7. The fourth-order valence-corrected chi connectivity index (χ4v) is 4.00. The van der Waals surface area contributed by atoms with Crippen LogP contribution < -0.4 is 0 Å². The molecule has 0 aromatic heterocycles. The van der Waals surface area contributed by atoms with Gasteiger partial charge in [0.1, 0.15) is 36.6 Å². The molecule has 6 atom stereocenters. The first-order valence-corrected chi connectivity index (χ1v) is 17.5. The van der Waals surface area contributed by atoms with E-state index in [2.05, 4.69) is 4.18 Å². The minimum Gasteiger partial charge on any atom is -0.382 e. The van der Waals surface area contributed by atoms with Crippen LogP contribution in [0.5, 0.6) is 0 Å². The van der Waals surface area contributed by atoms with Gasteiger partial charge in [0.2, 0.25) is 0 Å². The van der Waals surface area contributed by atoms with E-state index in [9.17, 15) is 8.42 Å². The maximum Gasteiger partial charge on any atom is 0.264 e. The topological polar surface area (TPSA) is 173 Å². The third-order valence-corrected chi connectivity index (χ3v) is 7.19. The van der Waals surface area contributed by atoms with Crippen LogP contribution in [0.2, 0.25) is 0 Å². The highest BCUT2D eigenvalue weighted by molar-refractivity contribution is 7.85. The zero-order valence-corrected chi connectivity index (χ0v) is 30.9. The summed E-state index contributed by atoms with van der Waals surface area (Å²) in [7, 11) is 7.71. The maximum atomic E-state index is 10.9. The Morgan fingerprint density at radius 1 is 0.354 bits per heavy atom. The molecule has 0 aromatic carbocycles. The lowest BCUT2D eigenvalue weighted by molar-refractivity contribution is -0.105. The van der Waals surface area contributed by atoms with Gasteiger partial charge in [-0.25, -0.2) is 0 Å². The molecule has 0 bridgehead atoms. The van der Waals surface area contributed by atoms with E-state index in [1.807, 2.05) is 0 Å². The summed E-state index contributed by atoms with van der Waals surface area (Å²) in [6.07, 6.45) is -0.554. The second kappa shape index (κ2) is 32.3. The van der Waals surface area contributed by atoms with Crippen LogP contribution in [0, 0.1) is 0 Å². The van der Waals surface area contributed by atoms with Gasteiger partial charge in [0.05, 0.1) is 112 Å². The number of rotatable bonds is 37. The first-order chi connectivity index (χ1) is 23.2. The fraction of sp³-hybridized carbons (Fsp3) is 1.00. The summed E-state index contributed by atoms with van der Waals surface area (Å²) >= 11 is 0. The van der Waals surface area contributed by atoms with Gasteiger partial charge in [0.15, 0.2) is 0 Å². The summed E-state index contributed by atoms with van der Waals surface area (Å²) in [6.45, 7) is 4.66. The molecule has 0 saturated heterocycles. The van der Waals surface area contributed by atoms with Gasteiger partial charge in [-0.15, -0.1) is 0 Å². The molecule has 0 aliphatic rings. The number of methoxy groups -OCH3 is 7. The van der Waals surface area contributed by atoms with Crippen molar-refractivity contribution in [1.29, 1.82) is 0 Å². The summed E-state index contributed by atoms with van der Waals surface area (Å²) in [5.41, 5.74) is 0. The fourth-order valence-electron chi connectivity index (χ4n) is 3.62. The predicted octanol–water partition coefficient (Wildman–Crippen LogP) is -0.185. The van der Waals surface area contributed by atoms with Gasteiger partial charge in [-0.1, -0.05) is 0 Å². The standard InChI is InChI=1S/C30H62O17S/c1-33-13-25(34-2)15-42-17-27(36-4)19-44-21-29(38-6)23-46-24-30(39-7)22-45-20-28(37-5)18-43-16-26(35-3)14-41-10-9-40-11-12-47-48(8,31)32/h25-30H,9-24H2,1-8H3. The smallest absolute Gasteiger partial charge is 0.264 e. The predicted molar refractivity (Wildman–Crippen MR) is 173 cm³/mol. The third-order valence-electron chi connectivity index (χ3n) is 6.59. The molecular weight excluding hydrogens is 664 g/mol. The minimum absolute atomic E-state index is 0.0376. The summed E-state index contributed by atoms with van der Waals surface area (Å²) < 4.78 is 104. The van der Waals surface area contributed by atoms with Crippen molar-refractivity contribution in [2.75, 3.05) is 162 Å². The zero-order valence-electron chi connectivity index (χ0n) is 30.1. The van der Waals surface area contributed by atoms with Crippen molar-refractivity contribution in [2.24, 2.45) is 0 Å². The van der Waals surface area contributed by atoms with Crippen LogP contribution in [0.25, 0.3) is 0 Å². The molecule has 0 radical (unpaired) electrons. The van der Waals surface area contributed by atoms with Crippen molar-refractivity contribution >= 4 is 10.1 Å². The quantitative estimate of drug-likeness (QED) is 0.0609. The molecule has 17 nitrogen and oxygen atoms in total. The van der Waals surface area contributed by atoms with Gasteiger partial charge in [-0.2, -0.15) is 8.42 Å². The van der Waals surface area contributed by atoms with Crippen molar-refractivity contribution in [1.82, 2.24) is 0 Å². The van der Waals surface area contributed by atoms with Crippen LogP contribution in [0.15, 0.2) is 0 Å². The Hall–Kier alpha value is -0.650.